The van der Waals surface area contributed by atoms with E-state index in [0.29, 0.717) is 6.20 Å². The van der Waals surface area contributed by atoms with Gasteiger partial charge in [-0.15, -0.1) is 0 Å². The molecule has 0 radical (unpaired) electrons. The number of carbonyl (C=O) groups is 3. The molecule has 1 aromatic heterocycles. The first-order valence-electron chi connectivity index (χ1n) is 7.39. The largest absolute Gasteiger partial charge is 0.463 e. The lowest BCUT2D eigenvalue weighted by Gasteiger charge is -2.11. The molecule has 0 aliphatic carbocycles. The molecule has 0 saturated heterocycles. The number of alkyl halides is 3. The van der Waals surface area contributed by atoms with Crippen molar-refractivity contribution in [3.8, 4) is 0 Å². The van der Waals surface area contributed by atoms with E-state index in [1.165, 1.54) is 25.1 Å². The molecule has 10 heteroatoms. The number of nitrogens with zero attached hydrogens (tertiary/aromatic N) is 2. The summed E-state index contributed by atoms with van der Waals surface area (Å²) in [6.07, 6.45) is -4.75. The minimum Gasteiger partial charge on any atom is -0.463 e. The number of halogens is 4. The average Bonchev–Trinajstić information content (AvgIpc) is 2.59. The average molecular weight is 401 g/mol. The minimum absolute atomic E-state index is 0.00382. The number of rotatable bonds is 5. The van der Waals surface area contributed by atoms with Gasteiger partial charge in [-0.2, -0.15) is 13.2 Å². The summed E-state index contributed by atoms with van der Waals surface area (Å²) in [5.41, 5.74) is -1.88. The van der Waals surface area contributed by atoms with Crippen LogP contribution in [0.2, 0.25) is 5.02 Å². The Bertz CT molecular complexity index is 929. The molecule has 0 amide bonds. The molecule has 2 aromatic rings. The van der Waals surface area contributed by atoms with Crippen LogP contribution in [0.5, 0.6) is 0 Å². The summed E-state index contributed by atoms with van der Waals surface area (Å²) in [5.74, 6) is -2.97. The quantitative estimate of drug-likeness (QED) is 0.435. The van der Waals surface area contributed by atoms with E-state index in [4.69, 9.17) is 11.6 Å². The number of Topliss-reactive ketones (excluding diaryl/α,β-unsaturated/α-hetero) is 2. The number of aryl methyl sites for hydroxylation is 1. The molecule has 142 valence electrons. The standard InChI is InChI=1S/C17H12ClF3N2O4/c1-8-14(23-13(7-22-8)17(19,20)21)12(24)6-9-5-10(18)3-4-11(9)15(25)16(26)27-2/h3-5,7H,6H2,1-2H3. The number of hydrogen-bond acceptors (Lipinski definition) is 6. The number of ether oxygens (including phenoxy) is 1. The van der Waals surface area contributed by atoms with Crippen LogP contribution in [0.3, 0.4) is 0 Å². The molecule has 0 aliphatic rings. The second kappa shape index (κ2) is 7.83. The van der Waals surface area contributed by atoms with Crippen LogP contribution in [0, 0.1) is 6.92 Å². The van der Waals surface area contributed by atoms with E-state index in [1.807, 2.05) is 0 Å². The molecule has 0 atom stereocenters. The molecule has 0 fully saturated rings. The minimum atomic E-state index is -4.77. The lowest BCUT2D eigenvalue weighted by Crippen LogP contribution is -2.20. The maximum Gasteiger partial charge on any atom is 0.434 e. The van der Waals surface area contributed by atoms with Crippen molar-refractivity contribution in [2.45, 2.75) is 19.5 Å². The van der Waals surface area contributed by atoms with Crippen LogP contribution in [0.25, 0.3) is 0 Å². The van der Waals surface area contributed by atoms with Crippen LogP contribution in [-0.2, 0) is 22.1 Å². The monoisotopic (exact) mass is 400 g/mol. The second-order valence-corrected chi connectivity index (χ2v) is 5.85. The third kappa shape index (κ3) is 4.68. The highest BCUT2D eigenvalue weighted by molar-refractivity contribution is 6.41. The Labute approximate surface area is 156 Å². The smallest absolute Gasteiger partial charge is 0.434 e. The summed E-state index contributed by atoms with van der Waals surface area (Å²) in [6, 6.07) is 3.84. The fourth-order valence-corrected chi connectivity index (χ4v) is 2.43. The van der Waals surface area contributed by atoms with Crippen molar-refractivity contribution in [2.24, 2.45) is 0 Å². The van der Waals surface area contributed by atoms with E-state index in [2.05, 4.69) is 14.7 Å². The predicted molar refractivity (Wildman–Crippen MR) is 87.6 cm³/mol. The van der Waals surface area contributed by atoms with Gasteiger partial charge in [-0.1, -0.05) is 11.6 Å². The Hall–Kier alpha value is -2.81. The maximum absolute atomic E-state index is 12.8. The highest BCUT2D eigenvalue weighted by Gasteiger charge is 2.34. The van der Waals surface area contributed by atoms with E-state index in [1.54, 1.807) is 0 Å². The Morgan fingerprint density at radius 2 is 1.89 bits per heavy atom. The van der Waals surface area contributed by atoms with E-state index < -0.39 is 41.5 Å². The van der Waals surface area contributed by atoms with Gasteiger partial charge >= 0.3 is 12.1 Å². The molecule has 0 aliphatic heterocycles. The van der Waals surface area contributed by atoms with Crippen LogP contribution >= 0.6 is 11.6 Å². The summed E-state index contributed by atoms with van der Waals surface area (Å²) in [7, 11) is 1.02. The van der Waals surface area contributed by atoms with Gasteiger partial charge < -0.3 is 4.74 Å². The van der Waals surface area contributed by atoms with Crippen LogP contribution < -0.4 is 0 Å². The van der Waals surface area contributed by atoms with E-state index in [-0.39, 0.29) is 21.8 Å². The van der Waals surface area contributed by atoms with Gasteiger partial charge in [0.1, 0.15) is 5.69 Å². The third-order valence-electron chi connectivity index (χ3n) is 3.54. The molecule has 0 unspecified atom stereocenters. The van der Waals surface area contributed by atoms with Crippen molar-refractivity contribution >= 4 is 29.1 Å². The van der Waals surface area contributed by atoms with Crippen molar-refractivity contribution < 1.29 is 32.3 Å². The lowest BCUT2D eigenvalue weighted by atomic mass is 9.97. The molecule has 0 bridgehead atoms. The first-order chi connectivity index (χ1) is 12.5. The maximum atomic E-state index is 12.8. The Morgan fingerprint density at radius 1 is 1.22 bits per heavy atom. The summed E-state index contributed by atoms with van der Waals surface area (Å²) >= 11 is 5.87. The number of ketones is 2. The zero-order chi connectivity index (χ0) is 20.4. The number of methoxy groups -OCH3 is 1. The summed E-state index contributed by atoms with van der Waals surface area (Å²) in [4.78, 5) is 42.9. The van der Waals surface area contributed by atoms with Crippen LogP contribution in [0.15, 0.2) is 24.4 Å². The Kier molecular flexibility index (Phi) is 5.94. The third-order valence-corrected chi connectivity index (χ3v) is 3.78. The second-order valence-electron chi connectivity index (χ2n) is 5.41. The van der Waals surface area contributed by atoms with Gasteiger partial charge in [0.05, 0.1) is 19.0 Å². The lowest BCUT2D eigenvalue weighted by molar-refractivity contribution is -0.141. The van der Waals surface area contributed by atoms with Gasteiger partial charge in [-0.25, -0.2) is 9.78 Å². The molecule has 2 rings (SSSR count). The van der Waals surface area contributed by atoms with Crippen LogP contribution in [0.1, 0.15) is 37.8 Å². The molecular formula is C17H12ClF3N2O4. The summed E-state index contributed by atoms with van der Waals surface area (Å²) in [5, 5.41) is 0.172. The van der Waals surface area contributed by atoms with Gasteiger partial charge in [0.15, 0.2) is 11.5 Å². The summed E-state index contributed by atoms with van der Waals surface area (Å²) in [6.45, 7) is 1.33. The number of esters is 1. The van der Waals surface area contributed by atoms with E-state index in [9.17, 15) is 27.6 Å². The first kappa shape index (κ1) is 20.5. The topological polar surface area (TPSA) is 86.2 Å². The number of hydrogen-bond donors (Lipinski definition) is 0. The van der Waals surface area contributed by atoms with Gasteiger partial charge in [0.25, 0.3) is 5.78 Å². The van der Waals surface area contributed by atoms with Crippen LogP contribution in [0.4, 0.5) is 13.2 Å². The van der Waals surface area contributed by atoms with Crippen molar-refractivity contribution in [1.82, 2.24) is 9.97 Å². The number of benzene rings is 1. The molecule has 1 aromatic carbocycles. The zero-order valence-electron chi connectivity index (χ0n) is 14.1. The zero-order valence-corrected chi connectivity index (χ0v) is 14.8. The van der Waals surface area contributed by atoms with E-state index >= 15 is 0 Å². The fourth-order valence-electron chi connectivity index (χ4n) is 2.24. The van der Waals surface area contributed by atoms with Crippen molar-refractivity contribution in [3.63, 3.8) is 0 Å². The van der Waals surface area contributed by atoms with Gasteiger partial charge in [0, 0.05) is 17.0 Å². The van der Waals surface area contributed by atoms with Gasteiger partial charge in [-0.05, 0) is 30.7 Å². The molecular weight excluding hydrogens is 389 g/mol. The van der Waals surface area contributed by atoms with Crippen molar-refractivity contribution in [2.75, 3.05) is 7.11 Å². The van der Waals surface area contributed by atoms with E-state index in [0.717, 1.165) is 7.11 Å². The molecule has 0 spiro atoms. The molecule has 1 heterocycles. The molecule has 6 nitrogen and oxygen atoms in total. The molecule has 27 heavy (non-hydrogen) atoms. The fraction of sp³-hybridized carbons (Fsp3) is 0.235. The normalized spacial score (nSPS) is 11.2. The van der Waals surface area contributed by atoms with Gasteiger partial charge in [-0.3, -0.25) is 14.6 Å². The van der Waals surface area contributed by atoms with Crippen LogP contribution in [-0.4, -0.2) is 34.6 Å². The number of aromatic nitrogens is 2. The first-order valence-corrected chi connectivity index (χ1v) is 7.77. The van der Waals surface area contributed by atoms with Crippen molar-refractivity contribution in [3.05, 3.63) is 57.6 Å². The highest BCUT2D eigenvalue weighted by Crippen LogP contribution is 2.28. The Balaban J connectivity index is 2.43. The van der Waals surface area contributed by atoms with Gasteiger partial charge in [0.2, 0.25) is 0 Å². The molecule has 0 N–H and O–H groups in total. The highest BCUT2D eigenvalue weighted by atomic mass is 35.5. The summed E-state index contributed by atoms with van der Waals surface area (Å²) < 4.78 is 42.8. The van der Waals surface area contributed by atoms with Crippen molar-refractivity contribution in [1.29, 1.82) is 0 Å². The Morgan fingerprint density at radius 3 is 2.48 bits per heavy atom. The molecule has 0 saturated carbocycles. The SMILES string of the molecule is COC(=O)C(=O)c1ccc(Cl)cc1CC(=O)c1nc(C(F)(F)F)cnc1C. The number of carbonyl (C=O) groups excluding carboxylic acids is 3. The predicted octanol–water partition coefficient (Wildman–Crippen LogP) is 3.24.